The van der Waals surface area contributed by atoms with Crippen molar-refractivity contribution in [1.29, 1.82) is 0 Å². The molecule has 0 aliphatic rings. The maximum absolute atomic E-state index is 10.6. The van der Waals surface area contributed by atoms with Crippen LogP contribution in [0.15, 0.2) is 41.9 Å². The molecule has 0 aliphatic heterocycles. The van der Waals surface area contributed by atoms with Crippen molar-refractivity contribution in [2.45, 2.75) is 6.04 Å². The standard InChI is InChI=1S/C11H9NO2S/c1-2-10(12-7-15)8-3-5-9(6-4-8)11(13)14/h2-6,10H,1H2,(H,13,14). The minimum Gasteiger partial charge on any atom is -0.478 e. The van der Waals surface area contributed by atoms with Crippen molar-refractivity contribution < 1.29 is 9.90 Å². The zero-order valence-corrected chi connectivity index (χ0v) is 8.70. The molecule has 3 nitrogen and oxygen atoms in total. The molecule has 15 heavy (non-hydrogen) atoms. The number of aliphatic imine (C=N–C) groups is 1. The summed E-state index contributed by atoms with van der Waals surface area (Å²) in [7, 11) is 0. The normalized spacial score (nSPS) is 11.2. The van der Waals surface area contributed by atoms with Crippen LogP contribution in [0.3, 0.4) is 0 Å². The number of carboxylic acids is 1. The molecule has 0 saturated carbocycles. The van der Waals surface area contributed by atoms with Gasteiger partial charge in [0.1, 0.15) is 6.04 Å². The molecular weight excluding hydrogens is 210 g/mol. The van der Waals surface area contributed by atoms with Gasteiger partial charge in [0.15, 0.2) is 0 Å². The van der Waals surface area contributed by atoms with Crippen molar-refractivity contribution in [3.8, 4) is 0 Å². The lowest BCUT2D eigenvalue weighted by Crippen LogP contribution is -1.97. The van der Waals surface area contributed by atoms with E-state index in [1.54, 1.807) is 18.2 Å². The molecule has 0 aromatic heterocycles. The first-order valence-corrected chi connectivity index (χ1v) is 4.62. The third-order valence-corrected chi connectivity index (χ3v) is 2.02. The van der Waals surface area contributed by atoms with E-state index >= 15 is 0 Å². The van der Waals surface area contributed by atoms with Gasteiger partial charge in [0, 0.05) is 0 Å². The molecular formula is C11H9NO2S. The summed E-state index contributed by atoms with van der Waals surface area (Å²) in [6.45, 7) is 3.62. The largest absolute Gasteiger partial charge is 0.478 e. The van der Waals surface area contributed by atoms with E-state index in [1.807, 2.05) is 0 Å². The molecule has 0 spiro atoms. The SMILES string of the molecule is C=CC(N=C=S)c1ccc(C(=O)O)cc1. The first kappa shape index (κ1) is 11.3. The Bertz CT molecular complexity index is 419. The topological polar surface area (TPSA) is 49.7 Å². The van der Waals surface area contributed by atoms with Crippen LogP contribution in [-0.2, 0) is 0 Å². The van der Waals surface area contributed by atoms with Gasteiger partial charge in [-0.3, -0.25) is 0 Å². The highest BCUT2D eigenvalue weighted by Gasteiger charge is 2.06. The van der Waals surface area contributed by atoms with Crippen molar-refractivity contribution >= 4 is 23.3 Å². The Morgan fingerprint density at radius 3 is 2.53 bits per heavy atom. The van der Waals surface area contributed by atoms with Gasteiger partial charge in [-0.1, -0.05) is 18.2 Å². The monoisotopic (exact) mass is 219 g/mol. The minimum absolute atomic E-state index is 0.243. The Morgan fingerprint density at radius 2 is 2.13 bits per heavy atom. The summed E-state index contributed by atoms with van der Waals surface area (Å²) in [5.41, 5.74) is 1.08. The number of hydrogen-bond acceptors (Lipinski definition) is 3. The van der Waals surface area contributed by atoms with Crippen LogP contribution in [0.1, 0.15) is 22.0 Å². The molecule has 0 bridgehead atoms. The van der Waals surface area contributed by atoms with Gasteiger partial charge < -0.3 is 5.11 Å². The van der Waals surface area contributed by atoms with Crippen LogP contribution in [0.5, 0.6) is 0 Å². The van der Waals surface area contributed by atoms with Crippen molar-refractivity contribution in [1.82, 2.24) is 0 Å². The van der Waals surface area contributed by atoms with E-state index < -0.39 is 5.97 Å². The highest BCUT2D eigenvalue weighted by atomic mass is 32.1. The summed E-state index contributed by atoms with van der Waals surface area (Å²) in [5, 5.41) is 11.0. The minimum atomic E-state index is -0.949. The highest BCUT2D eigenvalue weighted by Crippen LogP contribution is 2.18. The van der Waals surface area contributed by atoms with Gasteiger partial charge in [0.25, 0.3) is 0 Å². The van der Waals surface area contributed by atoms with Gasteiger partial charge in [-0.05, 0) is 29.9 Å². The summed E-state index contributed by atoms with van der Waals surface area (Å²) >= 11 is 4.50. The number of carboxylic acid groups (broad SMARTS) is 1. The molecule has 0 heterocycles. The second-order valence-electron chi connectivity index (χ2n) is 2.83. The molecule has 0 aliphatic carbocycles. The molecule has 0 amide bonds. The van der Waals surface area contributed by atoms with E-state index in [4.69, 9.17) is 5.11 Å². The van der Waals surface area contributed by atoms with Crippen molar-refractivity contribution in [2.24, 2.45) is 4.99 Å². The van der Waals surface area contributed by atoms with Gasteiger partial charge in [-0.15, -0.1) is 6.58 Å². The molecule has 1 unspecified atom stereocenters. The lowest BCUT2D eigenvalue weighted by molar-refractivity contribution is 0.0697. The number of nitrogens with zero attached hydrogens (tertiary/aromatic N) is 1. The molecule has 1 rings (SSSR count). The third kappa shape index (κ3) is 2.84. The maximum atomic E-state index is 10.6. The van der Waals surface area contributed by atoms with Gasteiger partial charge >= 0.3 is 5.97 Å². The maximum Gasteiger partial charge on any atom is 0.335 e. The molecule has 0 fully saturated rings. The summed E-state index contributed by atoms with van der Waals surface area (Å²) in [5.74, 6) is -0.949. The predicted octanol–water partition coefficient (Wildman–Crippen LogP) is 2.71. The number of rotatable bonds is 4. The summed E-state index contributed by atoms with van der Waals surface area (Å²) in [4.78, 5) is 14.5. The molecule has 1 atom stereocenters. The summed E-state index contributed by atoms with van der Waals surface area (Å²) in [6, 6.07) is 6.16. The lowest BCUT2D eigenvalue weighted by Gasteiger charge is -2.05. The smallest absolute Gasteiger partial charge is 0.335 e. The number of isothiocyanates is 1. The molecule has 0 radical (unpaired) electrons. The quantitative estimate of drug-likeness (QED) is 0.481. The molecule has 0 saturated heterocycles. The van der Waals surface area contributed by atoms with E-state index in [-0.39, 0.29) is 11.6 Å². The van der Waals surface area contributed by atoms with Crippen LogP contribution < -0.4 is 0 Å². The van der Waals surface area contributed by atoms with Crippen LogP contribution in [0.2, 0.25) is 0 Å². The Labute approximate surface area is 92.8 Å². The molecule has 1 aromatic carbocycles. The van der Waals surface area contributed by atoms with Gasteiger partial charge in [-0.25, -0.2) is 9.79 Å². The van der Waals surface area contributed by atoms with Crippen molar-refractivity contribution in [3.63, 3.8) is 0 Å². The third-order valence-electron chi connectivity index (χ3n) is 1.91. The Hall–Kier alpha value is -1.77. The van der Waals surface area contributed by atoms with E-state index in [2.05, 4.69) is 29.0 Å². The number of benzene rings is 1. The average molecular weight is 219 g/mol. The van der Waals surface area contributed by atoms with Gasteiger partial charge in [0.2, 0.25) is 0 Å². The number of thiocarbonyl (C=S) groups is 1. The number of carbonyl (C=O) groups is 1. The van der Waals surface area contributed by atoms with Crippen LogP contribution >= 0.6 is 12.2 Å². The Kier molecular flexibility index (Phi) is 3.92. The first-order valence-electron chi connectivity index (χ1n) is 4.22. The second-order valence-corrected chi connectivity index (χ2v) is 3.01. The van der Waals surface area contributed by atoms with Crippen LogP contribution in [0, 0.1) is 0 Å². The van der Waals surface area contributed by atoms with Crippen molar-refractivity contribution in [3.05, 3.63) is 48.0 Å². The zero-order chi connectivity index (χ0) is 11.3. The number of hydrogen-bond donors (Lipinski definition) is 1. The fraction of sp³-hybridized carbons (Fsp3) is 0.0909. The lowest BCUT2D eigenvalue weighted by atomic mass is 10.1. The van der Waals surface area contributed by atoms with E-state index in [0.717, 1.165) is 5.56 Å². The average Bonchev–Trinajstić information content (AvgIpc) is 2.26. The molecule has 76 valence electrons. The van der Waals surface area contributed by atoms with Crippen LogP contribution in [-0.4, -0.2) is 16.2 Å². The second kappa shape index (κ2) is 5.20. The summed E-state index contributed by atoms with van der Waals surface area (Å²) in [6.07, 6.45) is 1.62. The zero-order valence-electron chi connectivity index (χ0n) is 7.88. The predicted molar refractivity (Wildman–Crippen MR) is 61.4 cm³/mol. The van der Waals surface area contributed by atoms with Crippen LogP contribution in [0.4, 0.5) is 0 Å². The van der Waals surface area contributed by atoms with E-state index in [9.17, 15) is 4.79 Å². The fourth-order valence-electron chi connectivity index (χ4n) is 1.14. The van der Waals surface area contributed by atoms with Crippen molar-refractivity contribution in [2.75, 3.05) is 0 Å². The van der Waals surface area contributed by atoms with Gasteiger partial charge in [0.05, 0.1) is 10.7 Å². The first-order chi connectivity index (χ1) is 7.19. The Morgan fingerprint density at radius 1 is 1.53 bits per heavy atom. The molecule has 1 N–H and O–H groups in total. The fourth-order valence-corrected chi connectivity index (χ4v) is 1.26. The molecule has 4 heteroatoms. The molecule has 1 aromatic rings. The van der Waals surface area contributed by atoms with Gasteiger partial charge in [-0.2, -0.15) is 0 Å². The Balaban J connectivity index is 3.01. The highest BCUT2D eigenvalue weighted by molar-refractivity contribution is 7.78. The number of aromatic carboxylic acids is 1. The summed E-state index contributed by atoms with van der Waals surface area (Å²) < 4.78 is 0. The van der Waals surface area contributed by atoms with E-state index in [1.165, 1.54) is 12.1 Å². The van der Waals surface area contributed by atoms with E-state index in [0.29, 0.717) is 0 Å². The van der Waals surface area contributed by atoms with Crippen LogP contribution in [0.25, 0.3) is 0 Å².